The summed E-state index contributed by atoms with van der Waals surface area (Å²) in [6, 6.07) is 13.9. The predicted molar refractivity (Wildman–Crippen MR) is 102 cm³/mol. The van der Waals surface area contributed by atoms with E-state index < -0.39 is 0 Å². The largest absolute Gasteiger partial charge is 0.497 e. The normalized spacial score (nSPS) is 14.5. The second-order valence-corrected chi connectivity index (χ2v) is 7.00. The van der Waals surface area contributed by atoms with Gasteiger partial charge in [0.25, 0.3) is 0 Å². The highest BCUT2D eigenvalue weighted by Crippen LogP contribution is 2.36. The van der Waals surface area contributed by atoms with Gasteiger partial charge in [-0.25, -0.2) is 4.39 Å². The number of amides is 1. The zero-order chi connectivity index (χ0) is 19.2. The molecular weight excluding hydrogens is 345 g/mol. The lowest BCUT2D eigenvalue weighted by Gasteiger charge is -2.30. The molecule has 2 aromatic carbocycles. The second kappa shape index (κ2) is 8.89. The van der Waals surface area contributed by atoms with Gasteiger partial charge >= 0.3 is 0 Å². The number of benzene rings is 2. The Bertz CT molecular complexity index is 741. The van der Waals surface area contributed by atoms with E-state index in [2.05, 4.69) is 6.92 Å². The molecular formula is C22H26FNO3. The number of ether oxygens (including phenoxy) is 2. The molecule has 3 rings (SSSR count). The van der Waals surface area contributed by atoms with Crippen molar-refractivity contribution in [3.63, 3.8) is 0 Å². The molecule has 5 heteroatoms. The average Bonchev–Trinajstić information content (AvgIpc) is 3.53. The zero-order valence-corrected chi connectivity index (χ0v) is 15.9. The van der Waals surface area contributed by atoms with Crippen LogP contribution < -0.4 is 9.47 Å². The van der Waals surface area contributed by atoms with Gasteiger partial charge in [0.15, 0.2) is 0 Å². The highest BCUT2D eigenvalue weighted by Gasteiger charge is 2.34. The minimum Gasteiger partial charge on any atom is -0.497 e. The van der Waals surface area contributed by atoms with E-state index in [9.17, 15) is 9.18 Å². The van der Waals surface area contributed by atoms with Gasteiger partial charge in [-0.1, -0.05) is 12.1 Å². The molecule has 0 aliphatic heterocycles. The Morgan fingerprint density at radius 1 is 1.11 bits per heavy atom. The quantitative estimate of drug-likeness (QED) is 0.654. The van der Waals surface area contributed by atoms with E-state index in [0.717, 1.165) is 11.3 Å². The van der Waals surface area contributed by atoms with Crippen LogP contribution in [0.1, 0.15) is 31.7 Å². The standard InChI is InChI=1S/C22H26FNO3/c1-16(18-5-6-18)24(15-17-3-9-20(26-2)10-4-17)22(25)13-14-27-21-11-7-19(23)8-12-21/h3-4,7-12,16,18H,5-6,13-15H2,1-2H3. The van der Waals surface area contributed by atoms with E-state index in [1.165, 1.54) is 25.0 Å². The Balaban J connectivity index is 1.59. The van der Waals surface area contributed by atoms with Crippen molar-refractivity contribution >= 4 is 5.91 Å². The summed E-state index contributed by atoms with van der Waals surface area (Å²) < 4.78 is 23.7. The fraction of sp³-hybridized carbons (Fsp3) is 0.409. The van der Waals surface area contributed by atoms with Crippen molar-refractivity contribution in [1.82, 2.24) is 4.90 Å². The van der Waals surface area contributed by atoms with Crippen molar-refractivity contribution in [3.05, 3.63) is 59.9 Å². The Morgan fingerprint density at radius 2 is 1.74 bits per heavy atom. The summed E-state index contributed by atoms with van der Waals surface area (Å²) in [6.45, 7) is 2.98. The predicted octanol–water partition coefficient (Wildman–Crippen LogP) is 4.43. The van der Waals surface area contributed by atoms with Gasteiger partial charge in [0.1, 0.15) is 17.3 Å². The number of carbonyl (C=O) groups is 1. The van der Waals surface area contributed by atoms with Crippen LogP contribution in [0.3, 0.4) is 0 Å². The van der Waals surface area contributed by atoms with E-state index in [-0.39, 0.29) is 24.4 Å². The highest BCUT2D eigenvalue weighted by atomic mass is 19.1. The van der Waals surface area contributed by atoms with Crippen LogP contribution in [0.2, 0.25) is 0 Å². The first-order valence-electron chi connectivity index (χ1n) is 9.37. The maximum atomic E-state index is 12.9. The van der Waals surface area contributed by atoms with Gasteiger partial charge in [-0.3, -0.25) is 4.79 Å². The van der Waals surface area contributed by atoms with Gasteiger partial charge in [-0.2, -0.15) is 0 Å². The highest BCUT2D eigenvalue weighted by molar-refractivity contribution is 5.76. The van der Waals surface area contributed by atoms with Crippen LogP contribution in [-0.4, -0.2) is 30.6 Å². The van der Waals surface area contributed by atoms with Crippen LogP contribution in [0.25, 0.3) is 0 Å². The van der Waals surface area contributed by atoms with E-state index in [0.29, 0.717) is 24.6 Å². The smallest absolute Gasteiger partial charge is 0.226 e. The van der Waals surface area contributed by atoms with Crippen molar-refractivity contribution in [2.45, 2.75) is 38.8 Å². The van der Waals surface area contributed by atoms with Crippen LogP contribution in [0.5, 0.6) is 11.5 Å². The molecule has 1 amide bonds. The Morgan fingerprint density at radius 3 is 2.33 bits per heavy atom. The molecule has 0 aromatic heterocycles. The van der Waals surface area contributed by atoms with E-state index >= 15 is 0 Å². The number of nitrogens with zero attached hydrogens (tertiary/aromatic N) is 1. The van der Waals surface area contributed by atoms with Crippen molar-refractivity contribution in [3.8, 4) is 11.5 Å². The van der Waals surface area contributed by atoms with Crippen LogP contribution >= 0.6 is 0 Å². The van der Waals surface area contributed by atoms with Crippen molar-refractivity contribution in [2.24, 2.45) is 5.92 Å². The van der Waals surface area contributed by atoms with Gasteiger partial charge < -0.3 is 14.4 Å². The summed E-state index contributed by atoms with van der Waals surface area (Å²) in [5.74, 6) is 1.74. The van der Waals surface area contributed by atoms with Gasteiger partial charge in [0, 0.05) is 12.6 Å². The summed E-state index contributed by atoms with van der Waals surface area (Å²) in [7, 11) is 1.64. The molecule has 0 bridgehead atoms. The Kier molecular flexibility index (Phi) is 6.32. The minimum atomic E-state index is -0.303. The van der Waals surface area contributed by atoms with Crippen LogP contribution in [-0.2, 0) is 11.3 Å². The molecule has 0 saturated heterocycles. The van der Waals surface area contributed by atoms with E-state index in [4.69, 9.17) is 9.47 Å². The van der Waals surface area contributed by atoms with Crippen molar-refractivity contribution < 1.29 is 18.7 Å². The number of hydrogen-bond acceptors (Lipinski definition) is 3. The third kappa shape index (κ3) is 5.46. The first kappa shape index (κ1) is 19.2. The van der Waals surface area contributed by atoms with Crippen LogP contribution in [0.4, 0.5) is 4.39 Å². The lowest BCUT2D eigenvalue weighted by molar-refractivity contribution is -0.134. The fourth-order valence-corrected chi connectivity index (χ4v) is 3.15. The minimum absolute atomic E-state index is 0.0762. The summed E-state index contributed by atoms with van der Waals surface area (Å²) in [5, 5.41) is 0. The van der Waals surface area contributed by atoms with Gasteiger partial charge in [0.05, 0.1) is 20.1 Å². The third-order valence-corrected chi connectivity index (χ3v) is 5.03. The van der Waals surface area contributed by atoms with Crippen molar-refractivity contribution in [2.75, 3.05) is 13.7 Å². The number of methoxy groups -OCH3 is 1. The molecule has 144 valence electrons. The van der Waals surface area contributed by atoms with Crippen molar-refractivity contribution in [1.29, 1.82) is 0 Å². The van der Waals surface area contributed by atoms with Crippen LogP contribution in [0, 0.1) is 11.7 Å². The number of rotatable bonds is 9. The molecule has 0 radical (unpaired) electrons. The lowest BCUT2D eigenvalue weighted by Crippen LogP contribution is -2.40. The summed E-state index contributed by atoms with van der Waals surface area (Å²) in [6.07, 6.45) is 2.66. The molecule has 27 heavy (non-hydrogen) atoms. The molecule has 0 heterocycles. The second-order valence-electron chi connectivity index (χ2n) is 7.00. The maximum absolute atomic E-state index is 12.9. The maximum Gasteiger partial charge on any atom is 0.226 e. The summed E-state index contributed by atoms with van der Waals surface area (Å²) in [4.78, 5) is 14.8. The topological polar surface area (TPSA) is 38.8 Å². The monoisotopic (exact) mass is 371 g/mol. The fourth-order valence-electron chi connectivity index (χ4n) is 3.15. The van der Waals surface area contributed by atoms with Gasteiger partial charge in [-0.05, 0) is 67.6 Å². The molecule has 1 fully saturated rings. The molecule has 1 atom stereocenters. The summed E-state index contributed by atoms with van der Waals surface area (Å²) >= 11 is 0. The molecule has 1 aliphatic rings. The van der Waals surface area contributed by atoms with Gasteiger partial charge in [-0.15, -0.1) is 0 Å². The zero-order valence-electron chi connectivity index (χ0n) is 15.9. The molecule has 1 unspecified atom stereocenters. The first-order chi connectivity index (χ1) is 13.1. The molecule has 0 N–H and O–H groups in total. The summed E-state index contributed by atoms with van der Waals surface area (Å²) in [5.41, 5.74) is 1.08. The molecule has 1 aliphatic carbocycles. The number of halogens is 1. The third-order valence-electron chi connectivity index (χ3n) is 5.03. The lowest BCUT2D eigenvalue weighted by atomic mass is 10.1. The van der Waals surface area contributed by atoms with Crippen LogP contribution in [0.15, 0.2) is 48.5 Å². The molecule has 2 aromatic rings. The molecule has 4 nitrogen and oxygen atoms in total. The molecule has 1 saturated carbocycles. The number of carbonyl (C=O) groups excluding carboxylic acids is 1. The van der Waals surface area contributed by atoms with Gasteiger partial charge in [0.2, 0.25) is 5.91 Å². The van der Waals surface area contributed by atoms with E-state index in [1.54, 1.807) is 19.2 Å². The Hall–Kier alpha value is -2.56. The Labute approximate surface area is 159 Å². The first-order valence-corrected chi connectivity index (χ1v) is 9.37. The number of hydrogen-bond donors (Lipinski definition) is 0. The molecule has 0 spiro atoms. The average molecular weight is 371 g/mol. The van der Waals surface area contributed by atoms with E-state index in [1.807, 2.05) is 29.2 Å². The SMILES string of the molecule is COc1ccc(CN(C(=O)CCOc2ccc(F)cc2)C(C)C2CC2)cc1.